The van der Waals surface area contributed by atoms with Crippen molar-refractivity contribution >= 4 is 43.4 Å². The van der Waals surface area contributed by atoms with Crippen LogP contribution in [0, 0.1) is 0 Å². The Bertz CT molecular complexity index is 3180. The molecule has 0 radical (unpaired) electrons. The van der Waals surface area contributed by atoms with E-state index in [1.165, 1.54) is 0 Å². The van der Waals surface area contributed by atoms with E-state index >= 15 is 0 Å². The summed E-state index contributed by atoms with van der Waals surface area (Å²) in [5.74, 6) is 1.74. The molecule has 2 aromatic heterocycles. The van der Waals surface area contributed by atoms with Gasteiger partial charge < -0.3 is 4.57 Å². The molecule has 4 heteroatoms. The monoisotopic (exact) mass is 655 g/mol. The van der Waals surface area contributed by atoms with E-state index in [0.29, 0.717) is 23.0 Å². The Morgan fingerprint density at radius 2 is 0.980 bits per heavy atom. The van der Waals surface area contributed by atoms with Gasteiger partial charge in [0.1, 0.15) is 0 Å². The molecule has 0 unspecified atom stereocenters. The Kier molecular flexibility index (Phi) is 5.66. The van der Waals surface area contributed by atoms with Crippen molar-refractivity contribution < 1.29 is 6.85 Å². The molecule has 0 saturated carbocycles. The van der Waals surface area contributed by atoms with Gasteiger partial charge in [0.05, 0.1) is 23.6 Å². The molecular formula is C47H30N4. The minimum Gasteiger partial charge on any atom is -0.309 e. The Morgan fingerprint density at radius 3 is 1.80 bits per heavy atom. The van der Waals surface area contributed by atoms with Crippen molar-refractivity contribution in [3.8, 4) is 51.0 Å². The number of aromatic nitrogens is 4. The summed E-state index contributed by atoms with van der Waals surface area (Å²) in [5.41, 5.74) is 6.24. The van der Waals surface area contributed by atoms with Gasteiger partial charge in [-0.25, -0.2) is 15.0 Å². The molecular weight excluding hydrogens is 621 g/mol. The van der Waals surface area contributed by atoms with E-state index in [-0.39, 0.29) is 29.7 Å². The van der Waals surface area contributed by atoms with Crippen LogP contribution in [0.2, 0.25) is 0 Å². The lowest BCUT2D eigenvalue weighted by Gasteiger charge is -2.14. The Balaban J connectivity index is 1.17. The van der Waals surface area contributed by atoms with Crippen molar-refractivity contribution in [1.29, 1.82) is 0 Å². The lowest BCUT2D eigenvalue weighted by molar-refractivity contribution is 1.07. The minimum atomic E-state index is -0.407. The van der Waals surface area contributed by atoms with Crippen molar-refractivity contribution in [2.24, 2.45) is 0 Å². The molecule has 0 amide bonds. The number of nitrogens with zero attached hydrogens (tertiary/aromatic N) is 4. The van der Waals surface area contributed by atoms with Gasteiger partial charge in [-0.15, -0.1) is 0 Å². The lowest BCUT2D eigenvalue weighted by Crippen LogP contribution is -2.00. The number of para-hydroxylation sites is 1. The van der Waals surface area contributed by atoms with E-state index in [2.05, 4.69) is 77.4 Å². The maximum atomic E-state index is 8.63. The third-order valence-corrected chi connectivity index (χ3v) is 9.49. The van der Waals surface area contributed by atoms with Crippen LogP contribution >= 0.6 is 0 Å². The summed E-state index contributed by atoms with van der Waals surface area (Å²) >= 11 is 0. The van der Waals surface area contributed by atoms with E-state index in [4.69, 9.17) is 21.8 Å². The summed E-state index contributed by atoms with van der Waals surface area (Å²) in [6, 6.07) is 49.3. The summed E-state index contributed by atoms with van der Waals surface area (Å²) < 4.78 is 44.1. The van der Waals surface area contributed by atoms with Gasteiger partial charge in [0, 0.05) is 32.8 Å². The van der Waals surface area contributed by atoms with Crippen molar-refractivity contribution in [2.75, 3.05) is 0 Å². The Labute approximate surface area is 302 Å². The molecule has 4 nitrogen and oxygen atoms in total. The topological polar surface area (TPSA) is 43.6 Å². The molecule has 0 spiro atoms. The summed E-state index contributed by atoms with van der Waals surface area (Å²) in [4.78, 5) is 15.1. The van der Waals surface area contributed by atoms with Crippen molar-refractivity contribution in [2.45, 2.75) is 0 Å². The van der Waals surface area contributed by atoms with Crippen LogP contribution in [0.1, 0.15) is 6.85 Å². The fourth-order valence-corrected chi connectivity index (χ4v) is 7.05. The van der Waals surface area contributed by atoms with Crippen LogP contribution in [-0.4, -0.2) is 19.5 Å². The second-order valence-corrected chi connectivity index (χ2v) is 12.5. The average molecular weight is 656 g/mol. The molecule has 0 fully saturated rings. The van der Waals surface area contributed by atoms with Gasteiger partial charge in [-0.2, -0.15) is 0 Å². The van der Waals surface area contributed by atoms with Crippen LogP contribution in [-0.2, 0) is 0 Å². The molecule has 238 valence electrons. The molecule has 0 atom stereocenters. The molecule has 51 heavy (non-hydrogen) atoms. The molecule has 0 bridgehead atoms. The zero-order valence-corrected chi connectivity index (χ0v) is 27.2. The summed E-state index contributed by atoms with van der Waals surface area (Å²) in [6.45, 7) is 0. The van der Waals surface area contributed by atoms with E-state index in [1.54, 1.807) is 0 Å². The van der Waals surface area contributed by atoms with Crippen LogP contribution < -0.4 is 0 Å². The van der Waals surface area contributed by atoms with Crippen LogP contribution in [0.3, 0.4) is 0 Å². The highest BCUT2D eigenvalue weighted by molar-refractivity contribution is 6.12. The molecule has 0 aliphatic heterocycles. The normalized spacial score (nSPS) is 12.9. The first-order valence-corrected chi connectivity index (χ1v) is 16.8. The van der Waals surface area contributed by atoms with Gasteiger partial charge in [-0.05, 0) is 63.7 Å². The van der Waals surface area contributed by atoms with Crippen LogP contribution in [0.4, 0.5) is 0 Å². The summed E-state index contributed by atoms with van der Waals surface area (Å²) in [5, 5.41) is 6.18. The largest absolute Gasteiger partial charge is 0.309 e. The van der Waals surface area contributed by atoms with E-state index in [0.717, 1.165) is 65.7 Å². The molecule has 0 aliphatic carbocycles. The maximum Gasteiger partial charge on any atom is 0.164 e. The van der Waals surface area contributed by atoms with Crippen LogP contribution in [0.5, 0.6) is 0 Å². The highest BCUT2D eigenvalue weighted by Gasteiger charge is 2.17. The first kappa shape index (κ1) is 24.3. The maximum absolute atomic E-state index is 8.63. The fraction of sp³-hybridized carbons (Fsp3) is 0. The van der Waals surface area contributed by atoms with Crippen LogP contribution in [0.25, 0.3) is 94.3 Å². The lowest BCUT2D eigenvalue weighted by atomic mass is 10.0. The SMILES string of the molecule is [2H]c1c([2H])c([2H])c(-c2ccc3c(c2)c2ccccc2n3-c2cccc3ccc(-c4nc(-c5ccccc5)nc(-c5ccc6ccccc6c5)n4)cc23)c([2H])c1[2H]. The van der Waals surface area contributed by atoms with Crippen molar-refractivity contribution in [3.63, 3.8) is 0 Å². The van der Waals surface area contributed by atoms with Gasteiger partial charge >= 0.3 is 0 Å². The molecule has 0 N–H and O–H groups in total. The minimum absolute atomic E-state index is 0.180. The molecule has 0 aliphatic rings. The molecule has 0 saturated heterocycles. The smallest absolute Gasteiger partial charge is 0.164 e. The quantitative estimate of drug-likeness (QED) is 0.185. The number of rotatable bonds is 5. The zero-order valence-electron chi connectivity index (χ0n) is 32.2. The van der Waals surface area contributed by atoms with Gasteiger partial charge in [-0.3, -0.25) is 0 Å². The molecule has 2 heterocycles. The summed E-state index contributed by atoms with van der Waals surface area (Å²) in [6.07, 6.45) is 0. The second kappa shape index (κ2) is 11.9. The molecule has 10 rings (SSSR count). The number of benzene rings is 8. The highest BCUT2D eigenvalue weighted by atomic mass is 15.0. The van der Waals surface area contributed by atoms with E-state index in [9.17, 15) is 0 Å². The number of fused-ring (bicyclic) bond motifs is 5. The first-order chi connectivity index (χ1) is 27.3. The third-order valence-electron chi connectivity index (χ3n) is 9.49. The van der Waals surface area contributed by atoms with E-state index < -0.39 is 6.04 Å². The van der Waals surface area contributed by atoms with Gasteiger partial charge in [0.25, 0.3) is 0 Å². The number of hydrogen-bond acceptors (Lipinski definition) is 3. The van der Waals surface area contributed by atoms with E-state index in [1.807, 2.05) is 78.9 Å². The van der Waals surface area contributed by atoms with Crippen LogP contribution in [0.15, 0.2) is 182 Å². The van der Waals surface area contributed by atoms with Gasteiger partial charge in [0.15, 0.2) is 17.5 Å². The third kappa shape index (κ3) is 5.04. The summed E-state index contributed by atoms with van der Waals surface area (Å²) in [7, 11) is 0. The standard InChI is InChI=1S/C47H30N4/c1-3-12-31(13-4-1)36-26-27-44-41(29-36)39-19-9-10-20-42(39)51(44)43-21-11-18-33-23-25-38(30-40(33)43)47-49-45(34-15-5-2-6-16-34)48-46(50-47)37-24-22-32-14-7-8-17-35(32)28-37/h1-30H/i1D,3D,4D,12D,13D. The first-order valence-electron chi connectivity index (χ1n) is 19.3. The Hall–Kier alpha value is -6.91. The second-order valence-electron chi connectivity index (χ2n) is 12.5. The Morgan fingerprint density at radius 1 is 0.373 bits per heavy atom. The predicted octanol–water partition coefficient (Wildman–Crippen LogP) is 11.9. The average Bonchev–Trinajstić information content (AvgIpc) is 3.58. The van der Waals surface area contributed by atoms with Crippen molar-refractivity contribution in [1.82, 2.24) is 19.5 Å². The van der Waals surface area contributed by atoms with Crippen molar-refractivity contribution in [3.05, 3.63) is 182 Å². The van der Waals surface area contributed by atoms with Gasteiger partial charge in [0.2, 0.25) is 0 Å². The fourth-order valence-electron chi connectivity index (χ4n) is 7.05. The zero-order chi connectivity index (χ0) is 38.1. The highest BCUT2D eigenvalue weighted by Crippen LogP contribution is 2.38. The molecule has 8 aromatic carbocycles. The van der Waals surface area contributed by atoms with Gasteiger partial charge in [-0.1, -0.05) is 145 Å². The number of hydrogen-bond donors (Lipinski definition) is 0. The molecule has 10 aromatic rings. The predicted molar refractivity (Wildman–Crippen MR) is 211 cm³/mol.